The third kappa shape index (κ3) is 3.22. The van der Waals surface area contributed by atoms with Crippen LogP contribution in [0.5, 0.6) is 0 Å². The highest BCUT2D eigenvalue weighted by Gasteiger charge is 2.41. The molecule has 0 bridgehead atoms. The van der Waals surface area contributed by atoms with Crippen molar-refractivity contribution in [3.63, 3.8) is 0 Å². The summed E-state index contributed by atoms with van der Waals surface area (Å²) in [6.45, 7) is 4.02. The summed E-state index contributed by atoms with van der Waals surface area (Å²) in [6, 6.07) is 0. The number of carbonyl (C=O) groups excluding carboxylic acids is 3. The third-order valence-corrected chi connectivity index (χ3v) is 2.36. The van der Waals surface area contributed by atoms with Gasteiger partial charge in [-0.1, -0.05) is 0 Å². The van der Waals surface area contributed by atoms with Gasteiger partial charge in [0.25, 0.3) is 5.91 Å². The fourth-order valence-corrected chi connectivity index (χ4v) is 1.61. The van der Waals surface area contributed by atoms with Gasteiger partial charge in [-0.15, -0.1) is 0 Å². The van der Waals surface area contributed by atoms with Gasteiger partial charge >= 0.3 is 11.9 Å². The van der Waals surface area contributed by atoms with E-state index in [1.807, 2.05) is 0 Å². The summed E-state index contributed by atoms with van der Waals surface area (Å²) in [5.74, 6) is -1.98. The molecule has 0 fully saturated rings. The Kier molecular flexibility index (Phi) is 4.30. The Bertz CT molecular complexity index is 402. The van der Waals surface area contributed by atoms with Gasteiger partial charge in [0.2, 0.25) is 0 Å². The van der Waals surface area contributed by atoms with Crippen molar-refractivity contribution in [1.82, 2.24) is 0 Å². The second kappa shape index (κ2) is 5.52. The summed E-state index contributed by atoms with van der Waals surface area (Å²) < 4.78 is 15.1. The molecule has 2 N–H and O–H groups in total. The molecule has 0 aromatic carbocycles. The lowest BCUT2D eigenvalue weighted by Gasteiger charge is -2.34. The van der Waals surface area contributed by atoms with Crippen molar-refractivity contribution in [2.24, 2.45) is 5.73 Å². The van der Waals surface area contributed by atoms with Crippen LogP contribution in [0.2, 0.25) is 0 Å². The normalized spacial score (nSPS) is 26.6. The summed E-state index contributed by atoms with van der Waals surface area (Å²) in [4.78, 5) is 33.3. The third-order valence-electron chi connectivity index (χ3n) is 2.36. The highest BCUT2D eigenvalue weighted by atomic mass is 16.6. The average molecular weight is 257 g/mol. The van der Waals surface area contributed by atoms with Gasteiger partial charge in [0.15, 0.2) is 12.2 Å². The molecule has 0 saturated carbocycles. The summed E-state index contributed by atoms with van der Waals surface area (Å²) >= 11 is 0. The first-order valence-corrected chi connectivity index (χ1v) is 5.32. The minimum absolute atomic E-state index is 0.0467. The maximum atomic E-state index is 11.2. The SMILES string of the molecule is CC(=O)O[C@H]1[C@H](C)OC=C(C(N)=O)[C@@H]1OC(C)=O. The van der Waals surface area contributed by atoms with Gasteiger partial charge in [-0.25, -0.2) is 0 Å². The van der Waals surface area contributed by atoms with Gasteiger partial charge in [0.05, 0.1) is 11.8 Å². The summed E-state index contributed by atoms with van der Waals surface area (Å²) in [5, 5.41) is 0. The zero-order valence-corrected chi connectivity index (χ0v) is 10.3. The van der Waals surface area contributed by atoms with E-state index < -0.39 is 36.2 Å². The maximum absolute atomic E-state index is 11.2. The molecule has 3 atom stereocenters. The summed E-state index contributed by atoms with van der Waals surface area (Å²) in [7, 11) is 0. The fraction of sp³-hybridized carbons (Fsp3) is 0.545. The molecule has 0 radical (unpaired) electrons. The summed E-state index contributed by atoms with van der Waals surface area (Å²) in [6.07, 6.45) is -1.38. The molecule has 0 saturated heterocycles. The lowest BCUT2D eigenvalue weighted by atomic mass is 9.98. The van der Waals surface area contributed by atoms with Crippen molar-refractivity contribution in [3.8, 4) is 0 Å². The van der Waals surface area contributed by atoms with Crippen molar-refractivity contribution < 1.29 is 28.6 Å². The van der Waals surface area contributed by atoms with E-state index in [4.69, 9.17) is 19.9 Å². The van der Waals surface area contributed by atoms with Crippen molar-refractivity contribution in [3.05, 3.63) is 11.8 Å². The molecule has 0 aliphatic carbocycles. The molecule has 1 heterocycles. The number of hydrogen-bond donors (Lipinski definition) is 1. The monoisotopic (exact) mass is 257 g/mol. The van der Waals surface area contributed by atoms with E-state index in [2.05, 4.69) is 0 Å². The number of rotatable bonds is 3. The molecule has 0 aromatic heterocycles. The number of primary amides is 1. The minimum atomic E-state index is -1.05. The van der Waals surface area contributed by atoms with Crippen molar-refractivity contribution in [1.29, 1.82) is 0 Å². The molecule has 1 aliphatic rings. The molecule has 0 aromatic rings. The number of nitrogens with two attached hydrogens (primary N) is 1. The van der Waals surface area contributed by atoms with E-state index in [9.17, 15) is 14.4 Å². The second-order valence-electron chi connectivity index (χ2n) is 3.88. The van der Waals surface area contributed by atoms with Gasteiger partial charge < -0.3 is 19.9 Å². The fourth-order valence-electron chi connectivity index (χ4n) is 1.61. The molecule has 7 heteroatoms. The van der Waals surface area contributed by atoms with Gasteiger partial charge in [-0.05, 0) is 6.92 Å². The Labute approximate surface area is 104 Å². The number of carbonyl (C=O) groups is 3. The van der Waals surface area contributed by atoms with Gasteiger partial charge in [-0.2, -0.15) is 0 Å². The van der Waals surface area contributed by atoms with Crippen LogP contribution < -0.4 is 5.73 Å². The molecule has 1 aliphatic heterocycles. The smallest absolute Gasteiger partial charge is 0.303 e. The van der Waals surface area contributed by atoms with E-state index >= 15 is 0 Å². The van der Waals surface area contributed by atoms with E-state index in [1.54, 1.807) is 6.92 Å². The quantitative estimate of drug-likeness (QED) is 0.692. The summed E-state index contributed by atoms with van der Waals surface area (Å²) in [5.41, 5.74) is 5.11. The van der Waals surface area contributed by atoms with Crippen LogP contribution >= 0.6 is 0 Å². The molecule has 1 amide bonds. The van der Waals surface area contributed by atoms with Crippen molar-refractivity contribution >= 4 is 17.8 Å². The largest absolute Gasteiger partial charge is 0.494 e. The molecule has 7 nitrogen and oxygen atoms in total. The molecule has 18 heavy (non-hydrogen) atoms. The first-order valence-electron chi connectivity index (χ1n) is 5.32. The van der Waals surface area contributed by atoms with Crippen molar-refractivity contribution in [2.45, 2.75) is 39.1 Å². The van der Waals surface area contributed by atoms with Crippen LogP contribution in [0.1, 0.15) is 20.8 Å². The lowest BCUT2D eigenvalue weighted by molar-refractivity contribution is -0.174. The van der Waals surface area contributed by atoms with Crippen LogP contribution in [-0.4, -0.2) is 36.2 Å². The number of hydrogen-bond acceptors (Lipinski definition) is 6. The average Bonchev–Trinajstić information content (AvgIpc) is 2.21. The van der Waals surface area contributed by atoms with Crippen molar-refractivity contribution in [2.75, 3.05) is 0 Å². The Morgan fingerprint density at radius 3 is 2.22 bits per heavy atom. The number of ether oxygens (including phenoxy) is 3. The zero-order chi connectivity index (χ0) is 13.9. The standard InChI is InChI=1S/C11H15NO6/c1-5-9(17-6(2)13)10(18-7(3)14)8(4-16-5)11(12)15/h4-5,9-10H,1-3H3,(H2,12,15)/t5-,9-,10-/m0/s1. The van der Waals surface area contributed by atoms with E-state index in [0.29, 0.717) is 0 Å². The Morgan fingerprint density at radius 2 is 1.78 bits per heavy atom. The van der Waals surface area contributed by atoms with Crippen LogP contribution in [-0.2, 0) is 28.6 Å². The van der Waals surface area contributed by atoms with E-state index in [-0.39, 0.29) is 5.57 Å². The number of amides is 1. The minimum Gasteiger partial charge on any atom is -0.494 e. The Balaban J connectivity index is 3.04. The Morgan fingerprint density at radius 1 is 1.22 bits per heavy atom. The van der Waals surface area contributed by atoms with E-state index in [1.165, 1.54) is 13.8 Å². The molecule has 0 unspecified atom stereocenters. The van der Waals surface area contributed by atoms with E-state index in [0.717, 1.165) is 6.26 Å². The molecule has 1 rings (SSSR count). The van der Waals surface area contributed by atoms with Crippen LogP contribution in [0, 0.1) is 0 Å². The molecule has 0 spiro atoms. The predicted molar refractivity (Wildman–Crippen MR) is 58.9 cm³/mol. The lowest BCUT2D eigenvalue weighted by Crippen LogP contribution is -2.48. The maximum Gasteiger partial charge on any atom is 0.303 e. The first-order chi connectivity index (χ1) is 8.32. The first kappa shape index (κ1) is 14.0. The Hall–Kier alpha value is -2.05. The molecular formula is C11H15NO6. The molecule has 100 valence electrons. The topological polar surface area (TPSA) is 105 Å². The predicted octanol–water partition coefficient (Wildman–Crippen LogP) is -0.362. The van der Waals surface area contributed by atoms with Gasteiger partial charge in [0.1, 0.15) is 6.10 Å². The zero-order valence-electron chi connectivity index (χ0n) is 10.3. The van der Waals surface area contributed by atoms with Crippen LogP contribution in [0.25, 0.3) is 0 Å². The van der Waals surface area contributed by atoms with Crippen LogP contribution in [0.15, 0.2) is 11.8 Å². The van der Waals surface area contributed by atoms with Gasteiger partial charge in [-0.3, -0.25) is 14.4 Å². The highest BCUT2D eigenvalue weighted by molar-refractivity contribution is 5.93. The number of esters is 2. The van der Waals surface area contributed by atoms with Crippen LogP contribution in [0.3, 0.4) is 0 Å². The second-order valence-corrected chi connectivity index (χ2v) is 3.88. The highest BCUT2D eigenvalue weighted by Crippen LogP contribution is 2.24. The molecular weight excluding hydrogens is 242 g/mol. The van der Waals surface area contributed by atoms with Gasteiger partial charge in [0, 0.05) is 13.8 Å². The van der Waals surface area contributed by atoms with Crippen LogP contribution in [0.4, 0.5) is 0 Å².